The van der Waals surface area contributed by atoms with Gasteiger partial charge >= 0.3 is 0 Å². The number of carbonyl (C=O) groups is 1. The van der Waals surface area contributed by atoms with Crippen molar-refractivity contribution in [3.63, 3.8) is 0 Å². The molecule has 0 spiro atoms. The fourth-order valence-electron chi connectivity index (χ4n) is 2.38. The van der Waals surface area contributed by atoms with Crippen LogP contribution in [0.4, 0.5) is 4.39 Å². The lowest BCUT2D eigenvalue weighted by molar-refractivity contribution is 0.0980. The molecule has 0 saturated carbocycles. The summed E-state index contributed by atoms with van der Waals surface area (Å²) in [5.41, 5.74) is 1.31. The highest BCUT2D eigenvalue weighted by atomic mass is 35.5. The number of carbonyl (C=O) groups excluding carboxylic acids is 1. The van der Waals surface area contributed by atoms with Crippen molar-refractivity contribution in [2.45, 2.75) is 12.8 Å². The van der Waals surface area contributed by atoms with Crippen LogP contribution in [0.2, 0.25) is 5.02 Å². The Kier molecular flexibility index (Phi) is 5.41. The first-order valence-electron chi connectivity index (χ1n) is 7.78. The summed E-state index contributed by atoms with van der Waals surface area (Å²) in [7, 11) is 0. The molecule has 5 heteroatoms. The van der Waals surface area contributed by atoms with Gasteiger partial charge in [0.1, 0.15) is 11.6 Å². The molecule has 0 bridgehead atoms. The van der Waals surface area contributed by atoms with Crippen LogP contribution in [0.1, 0.15) is 22.3 Å². The molecule has 1 heterocycles. The van der Waals surface area contributed by atoms with Crippen LogP contribution in [0.3, 0.4) is 0 Å². The molecule has 0 saturated heterocycles. The number of rotatable bonds is 6. The van der Waals surface area contributed by atoms with Crippen LogP contribution < -0.4 is 4.74 Å². The fraction of sp³-hybridized carbons (Fsp3) is 0.100. The smallest absolute Gasteiger partial charge is 0.230 e. The van der Waals surface area contributed by atoms with E-state index >= 15 is 0 Å². The van der Waals surface area contributed by atoms with Gasteiger partial charge < -0.3 is 4.74 Å². The van der Waals surface area contributed by atoms with E-state index in [4.69, 9.17) is 16.3 Å². The minimum atomic E-state index is -0.357. The first-order chi connectivity index (χ1) is 12.1. The normalized spacial score (nSPS) is 10.5. The number of pyridine rings is 1. The van der Waals surface area contributed by atoms with E-state index in [1.807, 2.05) is 18.2 Å². The lowest BCUT2D eigenvalue weighted by atomic mass is 10.0. The van der Waals surface area contributed by atoms with E-state index in [0.717, 1.165) is 5.56 Å². The first kappa shape index (κ1) is 17.1. The lowest BCUT2D eigenvalue weighted by Crippen LogP contribution is -2.05. The van der Waals surface area contributed by atoms with E-state index in [1.54, 1.807) is 24.4 Å². The minimum absolute atomic E-state index is 0.0925. The molecule has 0 unspecified atom stereocenters. The summed E-state index contributed by atoms with van der Waals surface area (Å²) in [6.07, 6.45) is 2.36. The van der Waals surface area contributed by atoms with E-state index < -0.39 is 0 Å². The number of benzene rings is 2. The van der Waals surface area contributed by atoms with Gasteiger partial charge in [-0.2, -0.15) is 0 Å². The van der Waals surface area contributed by atoms with Gasteiger partial charge in [0.25, 0.3) is 0 Å². The highest BCUT2D eigenvalue weighted by molar-refractivity contribution is 6.31. The lowest BCUT2D eigenvalue weighted by Gasteiger charge is -2.09. The van der Waals surface area contributed by atoms with E-state index in [0.29, 0.717) is 22.8 Å². The van der Waals surface area contributed by atoms with Gasteiger partial charge in [-0.05, 0) is 54.4 Å². The molecule has 0 radical (unpaired) electrons. The predicted molar refractivity (Wildman–Crippen MR) is 94.8 cm³/mol. The van der Waals surface area contributed by atoms with Crippen molar-refractivity contribution in [3.8, 4) is 11.6 Å². The van der Waals surface area contributed by atoms with Gasteiger partial charge in [0.05, 0.1) is 5.56 Å². The summed E-state index contributed by atoms with van der Waals surface area (Å²) in [5.74, 6) is 0.174. The molecule has 1 aromatic heterocycles. The van der Waals surface area contributed by atoms with Crippen molar-refractivity contribution in [3.05, 3.63) is 88.8 Å². The molecule has 0 aliphatic carbocycles. The van der Waals surface area contributed by atoms with Gasteiger partial charge in [0.2, 0.25) is 5.88 Å². The number of ketones is 1. The fourth-order valence-corrected chi connectivity index (χ4v) is 2.61. The van der Waals surface area contributed by atoms with Crippen LogP contribution in [0.25, 0.3) is 0 Å². The SMILES string of the molecule is O=C(CCc1ccccc1Cl)c1cccnc1Oc1ccc(F)cc1. The van der Waals surface area contributed by atoms with Crippen LogP contribution in [0.5, 0.6) is 11.6 Å². The number of nitrogens with zero attached hydrogens (tertiary/aromatic N) is 1. The van der Waals surface area contributed by atoms with E-state index in [2.05, 4.69) is 4.98 Å². The maximum Gasteiger partial charge on any atom is 0.230 e. The standard InChI is InChI=1S/C20H15ClFNO2/c21-18-6-2-1-4-14(18)7-12-19(24)17-5-3-13-23-20(17)25-16-10-8-15(22)9-11-16/h1-6,8-11,13H,7,12H2. The number of halogens is 2. The van der Waals surface area contributed by atoms with Gasteiger partial charge in [0, 0.05) is 17.6 Å². The molecule has 126 valence electrons. The second kappa shape index (κ2) is 7.90. The molecular weight excluding hydrogens is 341 g/mol. The summed E-state index contributed by atoms with van der Waals surface area (Å²) in [6, 6.07) is 16.3. The topological polar surface area (TPSA) is 39.2 Å². The molecule has 0 N–H and O–H groups in total. The summed E-state index contributed by atoms with van der Waals surface area (Å²) < 4.78 is 18.6. The van der Waals surface area contributed by atoms with Crippen molar-refractivity contribution < 1.29 is 13.9 Å². The second-order valence-electron chi connectivity index (χ2n) is 5.43. The average Bonchev–Trinajstić information content (AvgIpc) is 2.63. The zero-order chi connectivity index (χ0) is 17.6. The molecule has 0 atom stereocenters. The Balaban J connectivity index is 1.74. The van der Waals surface area contributed by atoms with E-state index in [9.17, 15) is 9.18 Å². The monoisotopic (exact) mass is 355 g/mol. The maximum atomic E-state index is 13.0. The molecule has 3 aromatic rings. The Morgan fingerprint density at radius 2 is 1.80 bits per heavy atom. The largest absolute Gasteiger partial charge is 0.438 e. The summed E-state index contributed by atoms with van der Waals surface area (Å²) in [5, 5.41) is 0.643. The zero-order valence-corrected chi connectivity index (χ0v) is 14.0. The Bertz CT molecular complexity index is 881. The third kappa shape index (κ3) is 4.43. The predicted octanol–water partition coefficient (Wildman–Crippen LogP) is 5.48. The van der Waals surface area contributed by atoms with Gasteiger partial charge in [0.15, 0.2) is 5.78 Å². The second-order valence-corrected chi connectivity index (χ2v) is 5.83. The van der Waals surface area contributed by atoms with E-state index in [-0.39, 0.29) is 23.9 Å². The van der Waals surface area contributed by atoms with Crippen molar-refractivity contribution in [1.29, 1.82) is 0 Å². The molecular formula is C20H15ClFNO2. The van der Waals surface area contributed by atoms with Crippen LogP contribution in [0.15, 0.2) is 66.9 Å². The highest BCUT2D eigenvalue weighted by Crippen LogP contribution is 2.25. The highest BCUT2D eigenvalue weighted by Gasteiger charge is 2.15. The number of aromatic nitrogens is 1. The van der Waals surface area contributed by atoms with Crippen molar-refractivity contribution >= 4 is 17.4 Å². The van der Waals surface area contributed by atoms with Crippen molar-refractivity contribution in [1.82, 2.24) is 4.98 Å². The summed E-state index contributed by atoms with van der Waals surface area (Å²) >= 11 is 6.13. The van der Waals surface area contributed by atoms with Gasteiger partial charge in [-0.25, -0.2) is 9.37 Å². The molecule has 0 aliphatic rings. The Labute approximate surface area is 150 Å². The van der Waals surface area contributed by atoms with Gasteiger partial charge in [-0.15, -0.1) is 0 Å². The molecule has 0 amide bonds. The van der Waals surface area contributed by atoms with Crippen LogP contribution in [0, 0.1) is 5.82 Å². The Hall–Kier alpha value is -2.72. The van der Waals surface area contributed by atoms with Crippen LogP contribution >= 0.6 is 11.6 Å². The van der Waals surface area contributed by atoms with E-state index in [1.165, 1.54) is 24.3 Å². The third-order valence-corrected chi connectivity index (χ3v) is 4.05. The Morgan fingerprint density at radius 3 is 2.56 bits per heavy atom. The molecule has 0 fully saturated rings. The number of hydrogen-bond donors (Lipinski definition) is 0. The number of Topliss-reactive ketones (excluding diaryl/α,β-unsaturated/α-hetero) is 1. The van der Waals surface area contributed by atoms with Crippen molar-refractivity contribution in [2.24, 2.45) is 0 Å². The molecule has 3 rings (SSSR count). The molecule has 2 aromatic carbocycles. The molecule has 3 nitrogen and oxygen atoms in total. The average molecular weight is 356 g/mol. The summed E-state index contributed by atoms with van der Waals surface area (Å²) in [6.45, 7) is 0. The van der Waals surface area contributed by atoms with Crippen LogP contribution in [-0.4, -0.2) is 10.8 Å². The maximum absolute atomic E-state index is 13.0. The number of hydrogen-bond acceptors (Lipinski definition) is 3. The Morgan fingerprint density at radius 1 is 1.04 bits per heavy atom. The van der Waals surface area contributed by atoms with Crippen LogP contribution in [-0.2, 0) is 6.42 Å². The summed E-state index contributed by atoms with van der Waals surface area (Å²) in [4.78, 5) is 16.7. The molecule has 0 aliphatic heterocycles. The van der Waals surface area contributed by atoms with Gasteiger partial charge in [-0.3, -0.25) is 4.79 Å². The zero-order valence-electron chi connectivity index (χ0n) is 13.3. The first-order valence-corrected chi connectivity index (χ1v) is 8.16. The minimum Gasteiger partial charge on any atom is -0.438 e. The van der Waals surface area contributed by atoms with Gasteiger partial charge in [-0.1, -0.05) is 29.8 Å². The van der Waals surface area contributed by atoms with Crippen molar-refractivity contribution in [2.75, 3.05) is 0 Å². The quantitative estimate of drug-likeness (QED) is 0.549. The molecule has 25 heavy (non-hydrogen) atoms. The third-order valence-electron chi connectivity index (χ3n) is 3.68. The number of ether oxygens (including phenoxy) is 1. The number of aryl methyl sites for hydroxylation is 1.